The van der Waals surface area contributed by atoms with Crippen LogP contribution >= 0.6 is 15.6 Å². The number of hydrogen-bond acceptors (Lipinski definition) is 15. The molecular weight excluding hydrogens is 1400 g/mol. The van der Waals surface area contributed by atoms with Gasteiger partial charge in [-0.15, -0.1) is 0 Å². The van der Waals surface area contributed by atoms with Crippen LogP contribution in [0, 0.1) is 0 Å². The number of carbonyl (C=O) groups excluding carboxylic acids is 4. The number of phosphoric acid groups is 2. The van der Waals surface area contributed by atoms with Gasteiger partial charge in [-0.1, -0.05) is 321 Å². The highest BCUT2D eigenvalue weighted by Gasteiger charge is 2.30. The standard InChI is InChI=1S/C89H150O17P2/c1-5-9-13-17-21-25-29-33-37-39-41-43-47-49-53-57-61-65-69-73-86(91)99-79-84(105-88(93)75-71-67-63-59-55-51-45-35-31-27-23-19-15-11-7-3)81-103-107(95,96)101-77-83(90)78-102-108(97,98)104-82-85(106-89(94)76-72-68-64-60-56-52-46-36-32-28-24-20-16-12-8-4)80-100-87(92)74-70-66-62-58-54-50-48-44-42-40-38-34-30-26-22-18-14-10-6-2/h21-23,25-27,33-35,37-38,41-45,49-50,53-54,61-62,65-66,83-85,90H,5-20,24,28-32,36,39-40,46-48,51-52,55-60,63-64,67-82H2,1-4H3,(H,95,96)(H,97,98)/b25-21-,26-22-,27-23-,37-33-,38-34-,43-41-,44-42-,45-35-,53-49-,54-50-,65-61-,66-62-/t83-,84-,85-/m1/s1. The van der Waals surface area contributed by atoms with Crippen molar-refractivity contribution < 1.29 is 80.2 Å². The van der Waals surface area contributed by atoms with Crippen molar-refractivity contribution in [3.05, 3.63) is 146 Å². The lowest BCUT2D eigenvalue weighted by Crippen LogP contribution is -2.30. The van der Waals surface area contributed by atoms with Gasteiger partial charge in [-0.2, -0.15) is 0 Å². The number of carbonyl (C=O) groups is 4. The van der Waals surface area contributed by atoms with E-state index >= 15 is 0 Å². The predicted octanol–water partition coefficient (Wildman–Crippen LogP) is 25.0. The molecule has 0 aliphatic heterocycles. The Morgan fingerprint density at radius 3 is 0.750 bits per heavy atom. The van der Waals surface area contributed by atoms with Crippen LogP contribution < -0.4 is 0 Å². The zero-order chi connectivity index (χ0) is 78.9. The van der Waals surface area contributed by atoms with Crippen LogP contribution in [0.3, 0.4) is 0 Å². The normalized spacial score (nSPS) is 14.5. The summed E-state index contributed by atoms with van der Waals surface area (Å²) in [7, 11) is -10.0. The summed E-state index contributed by atoms with van der Waals surface area (Å²) in [6, 6.07) is 0. The summed E-state index contributed by atoms with van der Waals surface area (Å²) in [4.78, 5) is 73.1. The second kappa shape index (κ2) is 80.0. The second-order valence-corrected chi connectivity index (χ2v) is 30.6. The third-order valence-corrected chi connectivity index (χ3v) is 19.2. The molecule has 19 heteroatoms. The maximum atomic E-state index is 13.1. The van der Waals surface area contributed by atoms with Crippen molar-refractivity contribution in [3.63, 3.8) is 0 Å². The van der Waals surface area contributed by atoms with E-state index in [2.05, 4.69) is 149 Å². The molecule has 0 aliphatic carbocycles. The quantitative estimate of drug-likeness (QED) is 0.0169. The topological polar surface area (TPSA) is 237 Å². The number of rotatable bonds is 78. The molecule has 0 radical (unpaired) electrons. The molecule has 0 aromatic heterocycles. The molecule has 0 fully saturated rings. The number of esters is 4. The van der Waals surface area contributed by atoms with Crippen LogP contribution in [-0.2, 0) is 65.4 Å². The van der Waals surface area contributed by atoms with Crippen LogP contribution in [0.4, 0.5) is 0 Å². The number of aliphatic hydroxyl groups excluding tert-OH is 1. The van der Waals surface area contributed by atoms with Gasteiger partial charge in [-0.25, -0.2) is 9.13 Å². The Kier molecular flexibility index (Phi) is 76.3. The first-order valence-electron chi connectivity index (χ1n) is 42.1. The summed E-state index contributed by atoms with van der Waals surface area (Å²) in [6.07, 6.45) is 92.7. The van der Waals surface area contributed by atoms with Crippen molar-refractivity contribution in [2.24, 2.45) is 0 Å². The van der Waals surface area contributed by atoms with E-state index in [1.807, 2.05) is 24.3 Å². The van der Waals surface area contributed by atoms with Gasteiger partial charge in [0.25, 0.3) is 0 Å². The van der Waals surface area contributed by atoms with Crippen molar-refractivity contribution >= 4 is 39.5 Å². The van der Waals surface area contributed by atoms with Crippen molar-refractivity contribution in [3.8, 4) is 0 Å². The monoisotopic (exact) mass is 1550 g/mol. The zero-order valence-corrected chi connectivity index (χ0v) is 69.5. The molecule has 0 bridgehead atoms. The van der Waals surface area contributed by atoms with E-state index in [9.17, 15) is 43.2 Å². The number of unbranched alkanes of at least 4 members (excludes halogenated alkanes) is 28. The molecule has 0 saturated carbocycles. The predicted molar refractivity (Wildman–Crippen MR) is 445 cm³/mol. The highest BCUT2D eigenvalue weighted by Crippen LogP contribution is 2.45. The maximum Gasteiger partial charge on any atom is 0.472 e. The first kappa shape index (κ1) is 103. The molecule has 0 aromatic carbocycles. The van der Waals surface area contributed by atoms with Gasteiger partial charge >= 0.3 is 39.5 Å². The number of aliphatic hydroxyl groups is 1. The molecule has 618 valence electrons. The fraction of sp³-hybridized carbons (Fsp3) is 0.685. The van der Waals surface area contributed by atoms with Crippen molar-refractivity contribution in [2.75, 3.05) is 39.6 Å². The van der Waals surface area contributed by atoms with Crippen LogP contribution in [0.5, 0.6) is 0 Å². The Balaban J connectivity index is 5.50. The highest BCUT2D eigenvalue weighted by atomic mass is 31.2. The lowest BCUT2D eigenvalue weighted by Gasteiger charge is -2.21. The van der Waals surface area contributed by atoms with Gasteiger partial charge in [0.15, 0.2) is 12.2 Å². The Labute approximate surface area is 656 Å². The first-order valence-corrected chi connectivity index (χ1v) is 45.1. The number of phosphoric ester groups is 2. The molecule has 17 nitrogen and oxygen atoms in total. The molecule has 0 aromatic rings. The summed E-state index contributed by atoms with van der Waals surface area (Å²) >= 11 is 0. The molecule has 0 amide bonds. The van der Waals surface area contributed by atoms with Gasteiger partial charge in [-0.05, 0) is 135 Å². The summed E-state index contributed by atoms with van der Waals surface area (Å²) < 4.78 is 68.6. The first-order chi connectivity index (χ1) is 52.7. The van der Waals surface area contributed by atoms with E-state index in [1.165, 1.54) is 122 Å². The third-order valence-electron chi connectivity index (χ3n) is 17.3. The van der Waals surface area contributed by atoms with E-state index < -0.39 is 97.5 Å². The van der Waals surface area contributed by atoms with Crippen LogP contribution in [0.15, 0.2) is 146 Å². The van der Waals surface area contributed by atoms with E-state index in [4.69, 9.17) is 37.0 Å². The van der Waals surface area contributed by atoms with Crippen molar-refractivity contribution in [1.29, 1.82) is 0 Å². The summed E-state index contributed by atoms with van der Waals surface area (Å²) in [5, 5.41) is 10.7. The van der Waals surface area contributed by atoms with Crippen molar-refractivity contribution in [1.82, 2.24) is 0 Å². The Bertz CT molecular complexity index is 2610. The van der Waals surface area contributed by atoms with E-state index in [1.54, 1.807) is 0 Å². The van der Waals surface area contributed by atoms with Gasteiger partial charge in [0.05, 0.1) is 26.4 Å². The minimum absolute atomic E-state index is 0.0303. The summed E-state index contributed by atoms with van der Waals surface area (Å²) in [6.45, 7) is 4.64. The lowest BCUT2D eigenvalue weighted by molar-refractivity contribution is -0.161. The van der Waals surface area contributed by atoms with Crippen LogP contribution in [0.25, 0.3) is 0 Å². The molecule has 0 heterocycles. The molecule has 2 unspecified atom stereocenters. The van der Waals surface area contributed by atoms with Crippen LogP contribution in [-0.4, -0.2) is 96.7 Å². The highest BCUT2D eigenvalue weighted by molar-refractivity contribution is 7.47. The Morgan fingerprint density at radius 2 is 0.472 bits per heavy atom. The summed E-state index contributed by atoms with van der Waals surface area (Å²) in [5.74, 6) is -2.38. The SMILES string of the molecule is CCCCC/C=C\C/C=C\C/C=C\C/C=C\C/C=C\CCC(=O)OC[C@H](COP(=O)(O)OC[C@@H](O)COP(=O)(O)OC[C@@H](COC(=O)CC/C=C\C/C=C\C/C=C\C/C=C\C/C=C\CCCCC)OC(=O)CCCCCCCCCCCCCCCCC)OC(=O)CCCCCCC/C=C\C/C=C\CCCCC. The Hall–Kier alpha value is -5.06. The fourth-order valence-corrected chi connectivity index (χ4v) is 12.4. The van der Waals surface area contributed by atoms with E-state index in [0.717, 1.165) is 122 Å². The lowest BCUT2D eigenvalue weighted by atomic mass is 10.0. The third kappa shape index (κ3) is 79.0. The molecule has 108 heavy (non-hydrogen) atoms. The maximum absolute atomic E-state index is 13.1. The molecule has 0 spiro atoms. The smallest absolute Gasteiger partial charge is 0.462 e. The molecule has 0 rings (SSSR count). The van der Waals surface area contributed by atoms with E-state index in [0.29, 0.717) is 38.5 Å². The van der Waals surface area contributed by atoms with Crippen molar-refractivity contribution in [2.45, 2.75) is 354 Å². The van der Waals surface area contributed by atoms with Gasteiger partial charge in [-0.3, -0.25) is 37.3 Å². The fourth-order valence-electron chi connectivity index (χ4n) is 10.9. The van der Waals surface area contributed by atoms with Gasteiger partial charge in [0.1, 0.15) is 19.3 Å². The Morgan fingerprint density at radius 1 is 0.259 bits per heavy atom. The van der Waals surface area contributed by atoms with Gasteiger partial charge in [0, 0.05) is 25.7 Å². The number of allylic oxidation sites excluding steroid dienone is 24. The van der Waals surface area contributed by atoms with Gasteiger partial charge in [0.2, 0.25) is 0 Å². The van der Waals surface area contributed by atoms with Gasteiger partial charge < -0.3 is 33.8 Å². The number of ether oxygens (including phenoxy) is 4. The summed E-state index contributed by atoms with van der Waals surface area (Å²) in [5.41, 5.74) is 0. The van der Waals surface area contributed by atoms with Crippen LogP contribution in [0.1, 0.15) is 336 Å². The second-order valence-electron chi connectivity index (χ2n) is 27.7. The zero-order valence-electron chi connectivity index (χ0n) is 67.7. The average molecular weight is 1550 g/mol. The number of hydrogen-bond donors (Lipinski definition) is 3. The van der Waals surface area contributed by atoms with E-state index in [-0.39, 0.29) is 25.7 Å². The molecule has 3 N–H and O–H groups in total. The average Bonchev–Trinajstić information content (AvgIpc) is 0.923. The molecule has 5 atom stereocenters. The van der Waals surface area contributed by atoms with Crippen LogP contribution in [0.2, 0.25) is 0 Å². The largest absolute Gasteiger partial charge is 0.472 e. The minimum atomic E-state index is -5.01. The minimum Gasteiger partial charge on any atom is -0.462 e. The molecule has 0 saturated heterocycles. The molecular formula is C89H150O17P2. The molecule has 0 aliphatic rings.